The number of aryl methyl sites for hydroxylation is 1. The molecule has 0 aliphatic carbocycles. The van der Waals surface area contributed by atoms with Crippen molar-refractivity contribution in [2.75, 3.05) is 19.7 Å². The van der Waals surface area contributed by atoms with Crippen LogP contribution in [0.4, 0.5) is 0 Å². The van der Waals surface area contributed by atoms with E-state index in [0.29, 0.717) is 0 Å². The predicted octanol–water partition coefficient (Wildman–Crippen LogP) is 3.41. The fraction of sp³-hybridized carbons (Fsp3) is 0.600. The molecule has 0 spiro atoms. The minimum absolute atomic E-state index is 0.740. The molecule has 96 valence electrons. The van der Waals surface area contributed by atoms with Gasteiger partial charge in [-0.15, -0.1) is 0 Å². The molecule has 1 aromatic carbocycles. The molecule has 2 heteroatoms. The van der Waals surface area contributed by atoms with Crippen molar-refractivity contribution in [3.8, 4) is 5.75 Å². The van der Waals surface area contributed by atoms with Crippen molar-refractivity contribution in [1.82, 2.24) is 5.32 Å². The van der Waals surface area contributed by atoms with Crippen LogP contribution in [0.15, 0.2) is 24.3 Å². The Labute approximate surface area is 105 Å². The molecule has 1 N–H and O–H groups in total. The molecule has 0 saturated carbocycles. The molecular formula is C15H25NO. The first-order valence-corrected chi connectivity index (χ1v) is 6.79. The summed E-state index contributed by atoms with van der Waals surface area (Å²) < 4.78 is 5.42. The van der Waals surface area contributed by atoms with Crippen molar-refractivity contribution in [2.45, 2.75) is 39.5 Å². The number of unbranched alkanes of at least 4 members (excludes halogenated alkanes) is 2. The number of nitrogens with one attached hydrogen (secondary N) is 1. The molecule has 0 aliphatic rings. The molecule has 1 aromatic rings. The van der Waals surface area contributed by atoms with Crippen LogP contribution in [0.2, 0.25) is 0 Å². The summed E-state index contributed by atoms with van der Waals surface area (Å²) in [5.74, 6) is 0.975. The molecule has 1 rings (SSSR count). The van der Waals surface area contributed by atoms with Gasteiger partial charge in [0.1, 0.15) is 5.75 Å². The van der Waals surface area contributed by atoms with E-state index in [4.69, 9.17) is 4.74 Å². The first kappa shape index (κ1) is 14.0. The van der Waals surface area contributed by atoms with Crippen molar-refractivity contribution in [3.63, 3.8) is 0 Å². The maximum Gasteiger partial charge on any atom is 0.119 e. The highest BCUT2D eigenvalue weighted by Crippen LogP contribution is 2.14. The third-order valence-corrected chi connectivity index (χ3v) is 2.80. The average molecular weight is 235 g/mol. The van der Waals surface area contributed by atoms with E-state index in [9.17, 15) is 0 Å². The zero-order valence-electron chi connectivity index (χ0n) is 11.2. The van der Waals surface area contributed by atoms with E-state index in [1.807, 2.05) is 6.92 Å². The van der Waals surface area contributed by atoms with Gasteiger partial charge in [-0.3, -0.25) is 0 Å². The molecule has 0 heterocycles. The zero-order chi connectivity index (χ0) is 12.3. The second kappa shape index (κ2) is 9.06. The lowest BCUT2D eigenvalue weighted by molar-refractivity contribution is 0.340. The Bertz CT molecular complexity index is 281. The summed E-state index contributed by atoms with van der Waals surface area (Å²) in [7, 11) is 0. The third kappa shape index (κ3) is 6.32. The minimum atomic E-state index is 0.740. The van der Waals surface area contributed by atoms with Gasteiger partial charge in [0.2, 0.25) is 0 Å². The summed E-state index contributed by atoms with van der Waals surface area (Å²) in [5, 5.41) is 3.35. The molecule has 0 radical (unpaired) electrons. The van der Waals surface area contributed by atoms with Crippen molar-refractivity contribution < 1.29 is 4.74 Å². The number of rotatable bonds is 9. The number of benzene rings is 1. The third-order valence-electron chi connectivity index (χ3n) is 2.80. The first-order chi connectivity index (χ1) is 8.36. The van der Waals surface area contributed by atoms with Crippen LogP contribution in [-0.4, -0.2) is 19.7 Å². The molecule has 0 bridgehead atoms. The molecular weight excluding hydrogens is 210 g/mol. The van der Waals surface area contributed by atoms with Gasteiger partial charge >= 0.3 is 0 Å². The fourth-order valence-electron chi connectivity index (χ4n) is 1.85. The highest BCUT2D eigenvalue weighted by molar-refractivity contribution is 5.27. The van der Waals surface area contributed by atoms with Gasteiger partial charge in [0, 0.05) is 0 Å². The smallest absolute Gasteiger partial charge is 0.119 e. The van der Waals surface area contributed by atoms with Gasteiger partial charge in [-0.25, -0.2) is 0 Å². The van der Waals surface area contributed by atoms with Crippen LogP contribution in [0.25, 0.3) is 0 Å². The summed E-state index contributed by atoms with van der Waals surface area (Å²) in [6.45, 7) is 7.14. The Morgan fingerprint density at radius 3 is 2.41 bits per heavy atom. The van der Waals surface area contributed by atoms with Crippen LogP contribution in [0, 0.1) is 0 Å². The van der Waals surface area contributed by atoms with E-state index >= 15 is 0 Å². The van der Waals surface area contributed by atoms with Crippen molar-refractivity contribution in [2.24, 2.45) is 0 Å². The topological polar surface area (TPSA) is 21.3 Å². The quantitative estimate of drug-likeness (QED) is 0.662. The van der Waals surface area contributed by atoms with E-state index in [0.717, 1.165) is 25.4 Å². The standard InChI is InChI=1S/C15H25NO/c1-3-16-13-7-5-6-8-14-9-11-15(12-10-14)17-4-2/h9-12,16H,3-8,13H2,1-2H3. The SMILES string of the molecule is CCNCCCCCc1ccc(OCC)cc1. The van der Waals surface area contributed by atoms with Crippen LogP contribution in [0.3, 0.4) is 0 Å². The molecule has 2 nitrogen and oxygen atoms in total. The second-order valence-electron chi connectivity index (χ2n) is 4.24. The van der Waals surface area contributed by atoms with Crippen LogP contribution in [-0.2, 0) is 6.42 Å². The van der Waals surface area contributed by atoms with Gasteiger partial charge in [-0.05, 0) is 57.0 Å². The van der Waals surface area contributed by atoms with E-state index in [1.165, 1.54) is 31.2 Å². The first-order valence-electron chi connectivity index (χ1n) is 6.79. The van der Waals surface area contributed by atoms with Crippen LogP contribution in [0.5, 0.6) is 5.75 Å². The van der Waals surface area contributed by atoms with Gasteiger partial charge in [0.15, 0.2) is 0 Å². The molecule has 0 aliphatic heterocycles. The highest BCUT2D eigenvalue weighted by atomic mass is 16.5. The Morgan fingerprint density at radius 1 is 1.00 bits per heavy atom. The number of hydrogen-bond donors (Lipinski definition) is 1. The average Bonchev–Trinajstić information content (AvgIpc) is 2.36. The largest absolute Gasteiger partial charge is 0.494 e. The van der Waals surface area contributed by atoms with Gasteiger partial charge in [0.05, 0.1) is 6.61 Å². The highest BCUT2D eigenvalue weighted by Gasteiger charge is 1.95. The molecule has 0 unspecified atom stereocenters. The Balaban J connectivity index is 2.14. The molecule has 0 saturated heterocycles. The van der Waals surface area contributed by atoms with E-state index in [1.54, 1.807) is 0 Å². The molecule has 0 amide bonds. The monoisotopic (exact) mass is 235 g/mol. The lowest BCUT2D eigenvalue weighted by Gasteiger charge is -2.05. The van der Waals surface area contributed by atoms with E-state index < -0.39 is 0 Å². The van der Waals surface area contributed by atoms with Crippen LogP contribution >= 0.6 is 0 Å². The minimum Gasteiger partial charge on any atom is -0.494 e. The Morgan fingerprint density at radius 2 is 1.76 bits per heavy atom. The molecule has 0 fully saturated rings. The zero-order valence-corrected chi connectivity index (χ0v) is 11.2. The number of ether oxygens (including phenoxy) is 1. The summed E-state index contributed by atoms with van der Waals surface area (Å²) in [6, 6.07) is 8.49. The van der Waals surface area contributed by atoms with Crippen molar-refractivity contribution in [3.05, 3.63) is 29.8 Å². The van der Waals surface area contributed by atoms with Gasteiger partial charge in [-0.1, -0.05) is 25.5 Å². The van der Waals surface area contributed by atoms with Crippen LogP contribution in [0.1, 0.15) is 38.7 Å². The summed E-state index contributed by atoms with van der Waals surface area (Å²) >= 11 is 0. The van der Waals surface area contributed by atoms with Gasteiger partial charge in [0.25, 0.3) is 0 Å². The second-order valence-corrected chi connectivity index (χ2v) is 4.24. The van der Waals surface area contributed by atoms with Crippen molar-refractivity contribution in [1.29, 1.82) is 0 Å². The lowest BCUT2D eigenvalue weighted by atomic mass is 10.1. The maximum atomic E-state index is 5.42. The summed E-state index contributed by atoms with van der Waals surface area (Å²) in [4.78, 5) is 0. The van der Waals surface area contributed by atoms with Crippen molar-refractivity contribution >= 4 is 0 Å². The Kier molecular flexibility index (Phi) is 7.48. The molecule has 0 atom stereocenters. The van der Waals surface area contributed by atoms with Gasteiger partial charge < -0.3 is 10.1 Å². The molecule has 0 aromatic heterocycles. The normalized spacial score (nSPS) is 10.5. The molecule has 17 heavy (non-hydrogen) atoms. The number of hydrogen-bond acceptors (Lipinski definition) is 2. The Hall–Kier alpha value is -1.02. The van der Waals surface area contributed by atoms with E-state index in [2.05, 4.69) is 36.5 Å². The summed E-state index contributed by atoms with van der Waals surface area (Å²) in [6.07, 6.45) is 5.04. The van der Waals surface area contributed by atoms with E-state index in [-0.39, 0.29) is 0 Å². The fourth-order valence-corrected chi connectivity index (χ4v) is 1.85. The lowest BCUT2D eigenvalue weighted by Crippen LogP contribution is -2.13. The summed E-state index contributed by atoms with van der Waals surface area (Å²) in [5.41, 5.74) is 1.41. The van der Waals surface area contributed by atoms with Crippen LogP contribution < -0.4 is 10.1 Å². The van der Waals surface area contributed by atoms with Gasteiger partial charge in [-0.2, -0.15) is 0 Å². The maximum absolute atomic E-state index is 5.42. The predicted molar refractivity (Wildman–Crippen MR) is 73.7 cm³/mol.